The molecule has 0 saturated carbocycles. The molecule has 0 aromatic heterocycles. The monoisotopic (exact) mass is 387 g/mol. The first-order valence-corrected chi connectivity index (χ1v) is 8.37. The zero-order chi connectivity index (χ0) is 19.6. The largest absolute Gasteiger partial charge is 0.744 e. The molecule has 0 radical (unpaired) electrons. The molecule has 0 N–H and O–H groups in total. The van der Waals surface area contributed by atoms with E-state index in [4.69, 9.17) is 4.74 Å². The summed E-state index contributed by atoms with van der Waals surface area (Å²) < 4.78 is 95.6. The fraction of sp³-hybridized carbons (Fsp3) is 0.500. The smallest absolute Gasteiger partial charge is 0.311 e. The predicted molar refractivity (Wildman–Crippen MR) is 74.8 cm³/mol. The fourth-order valence-corrected chi connectivity index (χ4v) is 2.17. The van der Waals surface area contributed by atoms with Crippen LogP contribution in [-0.2, 0) is 19.6 Å². The van der Waals surface area contributed by atoms with Gasteiger partial charge in [0.05, 0.1) is 5.41 Å². The van der Waals surface area contributed by atoms with E-state index < -0.39 is 68.6 Å². The lowest BCUT2D eigenvalue weighted by atomic mass is 9.91. The van der Waals surface area contributed by atoms with E-state index in [-0.39, 0.29) is 0 Å². The third-order valence-electron chi connectivity index (χ3n) is 3.43. The van der Waals surface area contributed by atoms with Gasteiger partial charge in [0.25, 0.3) is 0 Å². The Morgan fingerprint density at radius 2 is 1.52 bits per heavy atom. The fourth-order valence-electron chi connectivity index (χ4n) is 1.56. The summed E-state index contributed by atoms with van der Waals surface area (Å²) in [6, 6.07) is 0. The second-order valence-corrected chi connectivity index (χ2v) is 6.91. The summed E-state index contributed by atoms with van der Waals surface area (Å²) in [5.74, 6) is -11.3. The molecule has 25 heavy (non-hydrogen) atoms. The highest BCUT2D eigenvalue weighted by atomic mass is 32.2. The minimum absolute atomic E-state index is 0.456. The van der Waals surface area contributed by atoms with Gasteiger partial charge in [0.15, 0.2) is 17.4 Å². The zero-order valence-corrected chi connectivity index (χ0v) is 14.3. The van der Waals surface area contributed by atoms with Crippen LogP contribution in [0.3, 0.4) is 0 Å². The second kappa shape index (κ2) is 7.56. The van der Waals surface area contributed by atoms with Crippen molar-refractivity contribution in [2.75, 3.05) is 13.2 Å². The van der Waals surface area contributed by atoms with E-state index >= 15 is 0 Å². The first-order chi connectivity index (χ1) is 11.3. The molecule has 6 nitrogen and oxygen atoms in total. The van der Waals surface area contributed by atoms with Gasteiger partial charge in [-0.2, -0.15) is 8.78 Å². The topological polar surface area (TPSA) is 92.7 Å². The first-order valence-electron chi connectivity index (χ1n) is 6.96. The van der Waals surface area contributed by atoms with Gasteiger partial charge in [-0.15, -0.1) is 0 Å². The highest BCUT2D eigenvalue weighted by Crippen LogP contribution is 2.32. The van der Waals surface area contributed by atoms with Gasteiger partial charge in [0.1, 0.15) is 28.2 Å². The van der Waals surface area contributed by atoms with Crippen molar-refractivity contribution >= 4 is 16.1 Å². The standard InChI is InChI=1S/C14H16F4O6S/c1-4-14(2,3)13(19)24-6-5-23-11-7(15)9(17)12(25(20,21)22)10(18)8(11)16/h4-6H2,1-3H3,(H,20,21,22)/p-1. The van der Waals surface area contributed by atoms with Crippen molar-refractivity contribution in [3.63, 3.8) is 0 Å². The summed E-state index contributed by atoms with van der Waals surface area (Å²) in [5.41, 5.74) is -0.807. The molecule has 0 aliphatic rings. The molecule has 142 valence electrons. The Kier molecular flexibility index (Phi) is 6.40. The van der Waals surface area contributed by atoms with Crippen LogP contribution in [0.2, 0.25) is 0 Å². The molecule has 1 rings (SSSR count). The second-order valence-electron chi connectivity index (χ2n) is 5.59. The van der Waals surface area contributed by atoms with Crippen molar-refractivity contribution in [2.24, 2.45) is 5.41 Å². The Balaban J connectivity index is 2.94. The molecule has 0 amide bonds. The number of halogens is 4. The molecule has 0 saturated heterocycles. The van der Waals surface area contributed by atoms with Gasteiger partial charge in [-0.05, 0) is 20.3 Å². The van der Waals surface area contributed by atoms with E-state index in [2.05, 4.69) is 4.74 Å². The lowest BCUT2D eigenvalue weighted by Crippen LogP contribution is -2.27. The highest BCUT2D eigenvalue weighted by Gasteiger charge is 2.30. The average molecular weight is 387 g/mol. The van der Waals surface area contributed by atoms with Crippen LogP contribution in [0.5, 0.6) is 5.75 Å². The van der Waals surface area contributed by atoms with Crippen molar-refractivity contribution in [2.45, 2.75) is 32.1 Å². The van der Waals surface area contributed by atoms with Gasteiger partial charge in [-0.25, -0.2) is 17.2 Å². The Labute approximate surface area is 141 Å². The van der Waals surface area contributed by atoms with E-state index in [1.807, 2.05) is 0 Å². The summed E-state index contributed by atoms with van der Waals surface area (Å²) in [5, 5.41) is 0. The summed E-state index contributed by atoms with van der Waals surface area (Å²) in [6.07, 6.45) is 0.456. The molecule has 0 atom stereocenters. The average Bonchev–Trinajstić information content (AvgIpc) is 2.50. The summed E-state index contributed by atoms with van der Waals surface area (Å²) in [4.78, 5) is 9.38. The van der Waals surface area contributed by atoms with Crippen molar-refractivity contribution in [3.8, 4) is 5.75 Å². The van der Waals surface area contributed by atoms with Crippen LogP contribution in [0.4, 0.5) is 17.6 Å². The van der Waals surface area contributed by atoms with Crippen molar-refractivity contribution < 1.29 is 44.8 Å². The normalized spacial score (nSPS) is 12.2. The highest BCUT2D eigenvalue weighted by molar-refractivity contribution is 7.85. The molecule has 0 fully saturated rings. The molecule has 1 aromatic carbocycles. The SMILES string of the molecule is CCC(C)(C)C(=O)OCCOc1c(F)c(F)c(S(=O)(=O)[O-])c(F)c1F. The molecule has 0 bridgehead atoms. The lowest BCUT2D eigenvalue weighted by Gasteiger charge is -2.20. The Bertz CT molecular complexity index is 747. The summed E-state index contributed by atoms with van der Waals surface area (Å²) in [7, 11) is -5.79. The maximum absolute atomic E-state index is 13.6. The molecule has 0 aliphatic carbocycles. The van der Waals surface area contributed by atoms with E-state index in [0.29, 0.717) is 6.42 Å². The van der Waals surface area contributed by atoms with Crippen molar-refractivity contribution in [1.82, 2.24) is 0 Å². The molecular weight excluding hydrogens is 372 g/mol. The number of ether oxygens (including phenoxy) is 2. The third kappa shape index (κ3) is 4.60. The Hall–Kier alpha value is -1.88. The van der Waals surface area contributed by atoms with Crippen LogP contribution < -0.4 is 4.74 Å². The number of hydrogen-bond acceptors (Lipinski definition) is 6. The van der Waals surface area contributed by atoms with Crippen LogP contribution in [-0.4, -0.2) is 32.2 Å². The van der Waals surface area contributed by atoms with Crippen LogP contribution in [0, 0.1) is 28.7 Å². The van der Waals surface area contributed by atoms with Gasteiger partial charge in [0.2, 0.25) is 11.6 Å². The maximum atomic E-state index is 13.6. The van der Waals surface area contributed by atoms with E-state index in [1.54, 1.807) is 20.8 Å². The van der Waals surface area contributed by atoms with Gasteiger partial charge >= 0.3 is 5.97 Å². The van der Waals surface area contributed by atoms with E-state index in [0.717, 1.165) is 0 Å². The number of esters is 1. The van der Waals surface area contributed by atoms with E-state index in [1.165, 1.54) is 0 Å². The number of hydrogen-bond donors (Lipinski definition) is 0. The molecule has 0 unspecified atom stereocenters. The van der Waals surface area contributed by atoms with Crippen molar-refractivity contribution in [1.29, 1.82) is 0 Å². The van der Waals surface area contributed by atoms with Gasteiger partial charge in [0, 0.05) is 0 Å². The molecule has 0 heterocycles. The van der Waals surface area contributed by atoms with Gasteiger partial charge in [-0.1, -0.05) is 6.92 Å². The number of carbonyl (C=O) groups excluding carboxylic acids is 1. The molecular formula is C14H15F4O6S-. The van der Waals surface area contributed by atoms with Crippen LogP contribution in [0.15, 0.2) is 4.90 Å². The Morgan fingerprint density at radius 1 is 1.04 bits per heavy atom. The van der Waals surface area contributed by atoms with Gasteiger partial charge < -0.3 is 14.0 Å². The third-order valence-corrected chi connectivity index (χ3v) is 4.29. The van der Waals surface area contributed by atoms with Crippen molar-refractivity contribution in [3.05, 3.63) is 23.3 Å². The van der Waals surface area contributed by atoms with Crippen LogP contribution in [0.1, 0.15) is 27.2 Å². The van der Waals surface area contributed by atoms with E-state index in [9.17, 15) is 35.3 Å². The Morgan fingerprint density at radius 3 is 1.92 bits per heavy atom. The summed E-state index contributed by atoms with van der Waals surface area (Å²) in [6.45, 7) is 3.79. The quantitative estimate of drug-likeness (QED) is 0.235. The predicted octanol–water partition coefficient (Wildman–Crippen LogP) is 2.51. The minimum Gasteiger partial charge on any atom is -0.744 e. The van der Waals surface area contributed by atoms with Crippen LogP contribution in [0.25, 0.3) is 0 Å². The number of benzene rings is 1. The minimum atomic E-state index is -5.79. The van der Waals surface area contributed by atoms with Gasteiger partial charge in [-0.3, -0.25) is 4.79 Å². The molecule has 0 spiro atoms. The first kappa shape index (κ1) is 21.2. The number of carbonyl (C=O) groups is 1. The molecule has 0 aliphatic heterocycles. The van der Waals surface area contributed by atoms with Crippen LogP contribution >= 0.6 is 0 Å². The molecule has 11 heteroatoms. The zero-order valence-electron chi connectivity index (χ0n) is 13.5. The maximum Gasteiger partial charge on any atom is 0.311 e. The molecule has 1 aromatic rings. The lowest BCUT2D eigenvalue weighted by molar-refractivity contribution is -0.154. The summed E-state index contributed by atoms with van der Waals surface area (Å²) >= 11 is 0. The number of rotatable bonds is 7.